The minimum absolute atomic E-state index is 0.695. The molecule has 0 unspecified atom stereocenters. The highest BCUT2D eigenvalue weighted by Gasteiger charge is 1.97. The van der Waals surface area contributed by atoms with Gasteiger partial charge in [-0.3, -0.25) is 0 Å². The smallest absolute Gasteiger partial charge is 0.0717 e. The van der Waals surface area contributed by atoms with E-state index in [0.29, 0.717) is 6.61 Å². The molecule has 2 aromatic carbocycles. The van der Waals surface area contributed by atoms with E-state index in [1.807, 2.05) is 13.1 Å². The molecule has 0 aliphatic carbocycles. The largest absolute Gasteiger partial charge is 0.376 e. The first-order valence-corrected chi connectivity index (χ1v) is 7.22. The fourth-order valence-corrected chi connectivity index (χ4v) is 2.17. The Bertz CT molecular complexity index is 496. The second-order valence-electron chi connectivity index (χ2n) is 4.96. The van der Waals surface area contributed by atoms with Crippen LogP contribution >= 0.6 is 0 Å². The Morgan fingerprint density at radius 1 is 0.850 bits per heavy atom. The molecule has 2 aromatic rings. The summed E-state index contributed by atoms with van der Waals surface area (Å²) < 4.78 is 5.77. The zero-order valence-electron chi connectivity index (χ0n) is 12.1. The monoisotopic (exact) mass is 269 g/mol. The number of nitrogens with one attached hydrogen (secondary N) is 1. The number of hydrogen-bond acceptors (Lipinski definition) is 2. The van der Waals surface area contributed by atoms with Crippen molar-refractivity contribution in [3.8, 4) is 0 Å². The van der Waals surface area contributed by atoms with Crippen molar-refractivity contribution in [2.45, 2.75) is 19.4 Å². The zero-order valence-corrected chi connectivity index (χ0v) is 12.1. The molecule has 106 valence electrons. The van der Waals surface area contributed by atoms with E-state index in [9.17, 15) is 0 Å². The Balaban J connectivity index is 1.73. The average Bonchev–Trinajstić information content (AvgIpc) is 2.51. The van der Waals surface area contributed by atoms with Crippen LogP contribution in [-0.4, -0.2) is 20.2 Å². The second kappa shape index (κ2) is 8.51. The molecule has 0 spiro atoms. The zero-order chi connectivity index (χ0) is 14.0. The van der Waals surface area contributed by atoms with Crippen LogP contribution in [0.25, 0.3) is 0 Å². The van der Waals surface area contributed by atoms with Crippen molar-refractivity contribution in [3.63, 3.8) is 0 Å². The Hall–Kier alpha value is -1.64. The molecule has 0 amide bonds. The van der Waals surface area contributed by atoms with Crippen LogP contribution in [0.2, 0.25) is 0 Å². The van der Waals surface area contributed by atoms with Crippen LogP contribution in [0.5, 0.6) is 0 Å². The molecule has 0 aliphatic rings. The molecule has 0 saturated carbocycles. The van der Waals surface area contributed by atoms with Crippen molar-refractivity contribution in [1.29, 1.82) is 0 Å². The average molecular weight is 269 g/mol. The van der Waals surface area contributed by atoms with Crippen LogP contribution in [0.3, 0.4) is 0 Å². The van der Waals surface area contributed by atoms with Crippen molar-refractivity contribution in [2.24, 2.45) is 0 Å². The van der Waals surface area contributed by atoms with Crippen LogP contribution < -0.4 is 5.32 Å². The van der Waals surface area contributed by atoms with E-state index in [1.165, 1.54) is 16.7 Å². The molecule has 0 bridgehead atoms. The lowest BCUT2D eigenvalue weighted by Crippen LogP contribution is -2.10. The van der Waals surface area contributed by atoms with Gasteiger partial charge in [0.2, 0.25) is 0 Å². The Morgan fingerprint density at radius 2 is 1.60 bits per heavy atom. The molecule has 2 nitrogen and oxygen atoms in total. The molecule has 0 saturated heterocycles. The van der Waals surface area contributed by atoms with Crippen LogP contribution in [0, 0.1) is 0 Å². The molecular formula is C18H23NO. The molecule has 0 atom stereocenters. The summed E-state index contributed by atoms with van der Waals surface area (Å²) in [5, 5.41) is 3.17. The summed E-state index contributed by atoms with van der Waals surface area (Å²) in [4.78, 5) is 0. The number of rotatable bonds is 8. The Labute approximate surface area is 121 Å². The topological polar surface area (TPSA) is 21.3 Å². The summed E-state index contributed by atoms with van der Waals surface area (Å²) in [6, 6.07) is 19.1. The van der Waals surface area contributed by atoms with E-state index >= 15 is 0 Å². The lowest BCUT2D eigenvalue weighted by atomic mass is 10.1. The molecule has 0 fully saturated rings. The quantitative estimate of drug-likeness (QED) is 0.743. The summed E-state index contributed by atoms with van der Waals surface area (Å²) in [7, 11) is 1.98. The van der Waals surface area contributed by atoms with Crippen molar-refractivity contribution in [3.05, 3.63) is 71.3 Å². The number of hydrogen-bond donors (Lipinski definition) is 1. The molecule has 20 heavy (non-hydrogen) atoms. The van der Waals surface area contributed by atoms with Crippen molar-refractivity contribution >= 4 is 0 Å². The lowest BCUT2D eigenvalue weighted by molar-refractivity contribution is 0.124. The van der Waals surface area contributed by atoms with E-state index in [2.05, 4.69) is 53.8 Å². The molecule has 0 aromatic heterocycles. The third-order valence-corrected chi connectivity index (χ3v) is 3.30. The lowest BCUT2D eigenvalue weighted by Gasteiger charge is -2.07. The van der Waals surface area contributed by atoms with Gasteiger partial charge in [0.1, 0.15) is 0 Å². The van der Waals surface area contributed by atoms with Gasteiger partial charge < -0.3 is 10.1 Å². The maximum atomic E-state index is 5.77. The normalized spacial score (nSPS) is 10.7. The third kappa shape index (κ3) is 5.16. The molecule has 2 rings (SSSR count). The van der Waals surface area contributed by atoms with Gasteiger partial charge in [-0.25, -0.2) is 0 Å². The number of likely N-dealkylation sites (N-methyl/N-ethyl adjacent to an activating group) is 1. The number of benzene rings is 2. The van der Waals surface area contributed by atoms with Gasteiger partial charge in [0, 0.05) is 0 Å². The summed E-state index contributed by atoms with van der Waals surface area (Å²) in [5.41, 5.74) is 3.95. The van der Waals surface area contributed by atoms with Crippen LogP contribution in [0.15, 0.2) is 54.6 Å². The minimum atomic E-state index is 0.695. The molecule has 2 heteroatoms. The number of ether oxygens (including phenoxy) is 1. The summed E-state index contributed by atoms with van der Waals surface area (Å²) in [6.07, 6.45) is 2.04. The summed E-state index contributed by atoms with van der Waals surface area (Å²) in [5.74, 6) is 0. The predicted molar refractivity (Wildman–Crippen MR) is 83.9 cm³/mol. The first-order chi connectivity index (χ1) is 9.88. The molecule has 0 radical (unpaired) electrons. The highest BCUT2D eigenvalue weighted by molar-refractivity contribution is 5.23. The van der Waals surface area contributed by atoms with Gasteiger partial charge in [0.05, 0.1) is 13.2 Å². The van der Waals surface area contributed by atoms with Crippen molar-refractivity contribution in [2.75, 3.05) is 20.2 Å². The van der Waals surface area contributed by atoms with Crippen LogP contribution in [0.4, 0.5) is 0 Å². The van der Waals surface area contributed by atoms with Gasteiger partial charge in [0.15, 0.2) is 0 Å². The molecule has 1 N–H and O–H groups in total. The highest BCUT2D eigenvalue weighted by Crippen LogP contribution is 2.08. The van der Waals surface area contributed by atoms with Crippen molar-refractivity contribution < 1.29 is 4.74 Å². The highest BCUT2D eigenvalue weighted by atomic mass is 16.5. The molecule has 0 heterocycles. The van der Waals surface area contributed by atoms with Gasteiger partial charge in [-0.15, -0.1) is 0 Å². The fraction of sp³-hybridized carbons (Fsp3) is 0.333. The van der Waals surface area contributed by atoms with Gasteiger partial charge in [-0.2, -0.15) is 0 Å². The van der Waals surface area contributed by atoms with Gasteiger partial charge >= 0.3 is 0 Å². The first-order valence-electron chi connectivity index (χ1n) is 7.22. The van der Waals surface area contributed by atoms with E-state index in [1.54, 1.807) is 0 Å². The first kappa shape index (κ1) is 14.8. The standard InChI is InChI=1S/C18H23NO/c1-19-12-10-17-8-5-9-18(14-17)15-20-13-11-16-6-3-2-4-7-16/h2-9,14,19H,10-13,15H2,1H3. The summed E-state index contributed by atoms with van der Waals surface area (Å²) in [6.45, 7) is 2.48. The Morgan fingerprint density at radius 3 is 2.40 bits per heavy atom. The van der Waals surface area contributed by atoms with Gasteiger partial charge in [-0.1, -0.05) is 54.6 Å². The Kier molecular flexibility index (Phi) is 6.28. The van der Waals surface area contributed by atoms with Gasteiger partial charge in [0.25, 0.3) is 0 Å². The third-order valence-electron chi connectivity index (χ3n) is 3.30. The summed E-state index contributed by atoms with van der Waals surface area (Å²) >= 11 is 0. The maximum absolute atomic E-state index is 5.77. The van der Waals surface area contributed by atoms with Crippen LogP contribution in [0.1, 0.15) is 16.7 Å². The molecular weight excluding hydrogens is 246 g/mol. The van der Waals surface area contributed by atoms with E-state index in [-0.39, 0.29) is 0 Å². The second-order valence-corrected chi connectivity index (χ2v) is 4.96. The van der Waals surface area contributed by atoms with Crippen LogP contribution in [-0.2, 0) is 24.2 Å². The van der Waals surface area contributed by atoms with E-state index in [4.69, 9.17) is 4.74 Å². The minimum Gasteiger partial charge on any atom is -0.376 e. The maximum Gasteiger partial charge on any atom is 0.0717 e. The predicted octanol–water partition coefficient (Wildman–Crippen LogP) is 3.21. The van der Waals surface area contributed by atoms with E-state index in [0.717, 1.165) is 26.0 Å². The van der Waals surface area contributed by atoms with Crippen molar-refractivity contribution in [1.82, 2.24) is 5.32 Å². The fourth-order valence-electron chi connectivity index (χ4n) is 2.17. The van der Waals surface area contributed by atoms with Gasteiger partial charge in [-0.05, 0) is 43.1 Å². The van der Waals surface area contributed by atoms with E-state index < -0.39 is 0 Å². The molecule has 0 aliphatic heterocycles. The SMILES string of the molecule is CNCCc1cccc(COCCc2ccccc2)c1.